The first kappa shape index (κ1) is 62.7. The minimum atomic E-state index is -1.28. The number of carbonyl (C=O) groups is 2. The zero-order valence-corrected chi connectivity index (χ0v) is 48.4. The summed E-state index contributed by atoms with van der Waals surface area (Å²) in [5.74, 6) is -0.338. The number of pyridine rings is 2. The first-order chi connectivity index (χ1) is 37.0. The standard InChI is InChI=1S/C31H37Cl2N3O5.C27H29Cl2N3O5.ClH/c1-30(2,3)41-29(38)22-7-12-28(34-18-22)31(4,39)20-35-13-14-36(27(19-35)21-5-8-23(32)9-6-21)26-11-10-24(17-25(26)33)40-16-15-37;1-27(36,25-9-4-19(15-30-25)26(34)35)17-31-10-11-32(24(16-31)18-2-5-20(28)6-3-18)23-8-7-21(14-22(23)29)37-13-12-33;/h5-12,17-18,27,37,39H,13-16,19-20H2,1-4H3;2-9,14-15,24,33,36H,10-13,16-17H2,1H3,(H,34,35);1H/t27-,31+;24-,27+;/m00./s1. The van der Waals surface area contributed by atoms with Crippen LogP contribution in [0.25, 0.3) is 0 Å². The van der Waals surface area contributed by atoms with Crippen molar-refractivity contribution >= 4 is 82.1 Å². The van der Waals surface area contributed by atoms with Crippen molar-refractivity contribution in [1.29, 1.82) is 0 Å². The maximum Gasteiger partial charge on any atom is 0.340 e. The molecule has 424 valence electrons. The SMILES string of the molecule is CC(C)(C)OC(=O)c1ccc([C@](C)(O)CN2CCN(c3ccc(OCCO)cc3Cl)[C@H](c3ccc(Cl)cc3)C2)nc1.C[C@@](O)(CN1CCN(c2ccc(OCCO)cc2Cl)[C@H](c2ccc(Cl)cc2)C1)c1ccc(C(=O)O)cn1.Cl. The summed E-state index contributed by atoms with van der Waals surface area (Å²) < 4.78 is 16.4. The van der Waals surface area contributed by atoms with Crippen LogP contribution >= 0.6 is 58.8 Å². The number of rotatable bonds is 18. The Morgan fingerprint density at radius 1 is 0.582 bits per heavy atom. The number of aliphatic hydroxyl groups is 4. The molecule has 0 amide bonds. The van der Waals surface area contributed by atoms with Crippen molar-refractivity contribution in [3.05, 3.63) is 175 Å². The molecule has 0 radical (unpaired) electrons. The Bertz CT molecular complexity index is 2950. The number of benzene rings is 4. The lowest BCUT2D eigenvalue weighted by Gasteiger charge is -2.45. The summed E-state index contributed by atoms with van der Waals surface area (Å²) in [6.45, 7) is 13.6. The second-order valence-electron chi connectivity index (χ2n) is 20.6. The molecular weight excluding hydrogens is 1120 g/mol. The molecule has 0 saturated carbocycles. The Balaban J connectivity index is 0.000000253. The van der Waals surface area contributed by atoms with Crippen LogP contribution in [0.15, 0.2) is 122 Å². The number of halogens is 5. The zero-order chi connectivity index (χ0) is 56.4. The van der Waals surface area contributed by atoms with Crippen molar-refractivity contribution in [2.24, 2.45) is 0 Å². The summed E-state index contributed by atoms with van der Waals surface area (Å²) in [4.78, 5) is 41.0. The molecule has 0 unspecified atom stereocenters. The van der Waals surface area contributed by atoms with Gasteiger partial charge < -0.3 is 49.5 Å². The fourth-order valence-corrected chi connectivity index (χ4v) is 10.3. The summed E-state index contributed by atoms with van der Waals surface area (Å²) in [5, 5.41) is 52.3. The van der Waals surface area contributed by atoms with Crippen LogP contribution in [-0.2, 0) is 15.9 Å². The first-order valence-corrected chi connectivity index (χ1v) is 26.9. The fourth-order valence-electron chi connectivity index (χ4n) is 9.47. The first-order valence-electron chi connectivity index (χ1n) is 25.4. The number of hydrogen-bond donors (Lipinski definition) is 5. The number of ether oxygens (including phenoxy) is 3. The second-order valence-corrected chi connectivity index (χ2v) is 22.3. The number of β-amino-alcohol motifs (C(OH)–C–C–N with tert-alkyl or cyclic N) is 2. The molecular formula is C58H67Cl5N6O10. The summed E-state index contributed by atoms with van der Waals surface area (Å²) in [7, 11) is 0. The Morgan fingerprint density at radius 2 is 0.987 bits per heavy atom. The van der Waals surface area contributed by atoms with Crippen LogP contribution in [0, 0.1) is 0 Å². The lowest BCUT2D eigenvalue weighted by atomic mass is 9.97. The average Bonchev–Trinajstić information content (AvgIpc) is 3.47. The topological polar surface area (TPSA) is 202 Å². The maximum atomic E-state index is 12.4. The third kappa shape index (κ3) is 17.0. The van der Waals surface area contributed by atoms with Gasteiger partial charge in [0.15, 0.2) is 0 Å². The van der Waals surface area contributed by atoms with Crippen LogP contribution in [0.1, 0.15) is 89.9 Å². The highest BCUT2D eigenvalue weighted by molar-refractivity contribution is 6.34. The highest BCUT2D eigenvalue weighted by Crippen LogP contribution is 2.40. The van der Waals surface area contributed by atoms with E-state index in [0.29, 0.717) is 101 Å². The molecule has 5 N–H and O–H groups in total. The molecule has 2 fully saturated rings. The third-order valence-corrected chi connectivity index (χ3v) is 14.3. The van der Waals surface area contributed by atoms with Crippen LogP contribution in [0.2, 0.25) is 20.1 Å². The molecule has 0 spiro atoms. The molecule has 2 aliphatic rings. The average molecular weight is 1190 g/mol. The number of carboxylic acids is 1. The highest BCUT2D eigenvalue weighted by atomic mass is 35.5. The molecule has 16 nitrogen and oxygen atoms in total. The number of aromatic nitrogens is 2. The monoisotopic (exact) mass is 1180 g/mol. The lowest BCUT2D eigenvalue weighted by molar-refractivity contribution is 0.00457. The van der Waals surface area contributed by atoms with E-state index in [1.165, 1.54) is 18.5 Å². The van der Waals surface area contributed by atoms with E-state index in [2.05, 4.69) is 29.6 Å². The molecule has 4 atom stereocenters. The van der Waals surface area contributed by atoms with E-state index in [1.807, 2.05) is 93.6 Å². The molecule has 6 aromatic rings. The van der Waals surface area contributed by atoms with Crippen LogP contribution < -0.4 is 19.3 Å². The van der Waals surface area contributed by atoms with E-state index >= 15 is 0 Å². The Labute approximate surface area is 487 Å². The van der Waals surface area contributed by atoms with Crippen molar-refractivity contribution in [3.8, 4) is 11.5 Å². The smallest absolute Gasteiger partial charge is 0.340 e. The summed E-state index contributed by atoms with van der Waals surface area (Å²) in [6, 6.07) is 32.6. The Morgan fingerprint density at radius 3 is 1.33 bits per heavy atom. The number of piperazine rings is 2. The number of anilines is 2. The van der Waals surface area contributed by atoms with Crippen molar-refractivity contribution in [1.82, 2.24) is 19.8 Å². The second kappa shape index (κ2) is 27.8. The van der Waals surface area contributed by atoms with E-state index < -0.39 is 28.7 Å². The van der Waals surface area contributed by atoms with E-state index in [9.17, 15) is 19.8 Å². The maximum absolute atomic E-state index is 12.4. The number of hydrogen-bond acceptors (Lipinski definition) is 15. The summed E-state index contributed by atoms with van der Waals surface area (Å²) >= 11 is 25.7. The van der Waals surface area contributed by atoms with E-state index in [4.69, 9.17) is 75.9 Å². The molecule has 21 heteroatoms. The van der Waals surface area contributed by atoms with Gasteiger partial charge in [-0.3, -0.25) is 19.8 Å². The molecule has 2 saturated heterocycles. The molecule has 0 bridgehead atoms. The van der Waals surface area contributed by atoms with Gasteiger partial charge in [-0.05, 0) is 119 Å². The number of carbonyl (C=O) groups excluding carboxylic acids is 1. The normalized spacial score (nSPS) is 17.5. The molecule has 2 aliphatic heterocycles. The minimum absolute atomic E-state index is 0. The largest absolute Gasteiger partial charge is 0.491 e. The van der Waals surface area contributed by atoms with Crippen molar-refractivity contribution in [3.63, 3.8) is 0 Å². The Hall–Kier alpha value is -5.47. The van der Waals surface area contributed by atoms with Crippen molar-refractivity contribution in [2.45, 2.75) is 63.5 Å². The predicted molar refractivity (Wildman–Crippen MR) is 311 cm³/mol. The van der Waals surface area contributed by atoms with Crippen molar-refractivity contribution < 1.29 is 49.3 Å². The molecule has 8 rings (SSSR count). The van der Waals surface area contributed by atoms with Crippen LogP contribution in [-0.4, -0.2) is 142 Å². The fraction of sp³-hybridized carbons (Fsp3) is 0.379. The van der Waals surface area contributed by atoms with Gasteiger partial charge in [0.25, 0.3) is 0 Å². The zero-order valence-electron chi connectivity index (χ0n) is 44.6. The number of aliphatic hydroxyl groups excluding tert-OH is 2. The van der Waals surface area contributed by atoms with Crippen LogP contribution in [0.5, 0.6) is 11.5 Å². The lowest BCUT2D eigenvalue weighted by Crippen LogP contribution is -2.52. The van der Waals surface area contributed by atoms with Gasteiger partial charge in [-0.1, -0.05) is 70.7 Å². The number of esters is 1. The van der Waals surface area contributed by atoms with E-state index in [1.54, 1.807) is 44.2 Å². The minimum Gasteiger partial charge on any atom is -0.491 e. The van der Waals surface area contributed by atoms with Gasteiger partial charge in [-0.25, -0.2) is 9.59 Å². The van der Waals surface area contributed by atoms with Gasteiger partial charge >= 0.3 is 11.9 Å². The summed E-state index contributed by atoms with van der Waals surface area (Å²) in [6.07, 6.45) is 2.71. The number of aromatic carboxylic acids is 1. The molecule has 2 aromatic heterocycles. The van der Waals surface area contributed by atoms with E-state index in [0.717, 1.165) is 22.5 Å². The van der Waals surface area contributed by atoms with Gasteiger partial charge in [0.2, 0.25) is 0 Å². The van der Waals surface area contributed by atoms with Gasteiger partial charge in [-0.2, -0.15) is 0 Å². The van der Waals surface area contributed by atoms with Gasteiger partial charge in [0.1, 0.15) is 41.5 Å². The third-order valence-electron chi connectivity index (χ3n) is 13.2. The number of carboxylic acid groups (broad SMARTS) is 1. The van der Waals surface area contributed by atoms with Gasteiger partial charge in [0, 0.05) is 86.9 Å². The molecule has 79 heavy (non-hydrogen) atoms. The van der Waals surface area contributed by atoms with Crippen LogP contribution in [0.3, 0.4) is 0 Å². The highest BCUT2D eigenvalue weighted by Gasteiger charge is 2.37. The molecule has 4 heterocycles. The molecule has 0 aliphatic carbocycles. The molecule has 4 aromatic carbocycles. The van der Waals surface area contributed by atoms with Gasteiger partial charge in [0.05, 0.1) is 69.2 Å². The predicted octanol–water partition coefficient (Wildman–Crippen LogP) is 10.1. The Kier molecular flexibility index (Phi) is 22.1. The number of nitrogens with zero attached hydrogens (tertiary/aromatic N) is 6. The van der Waals surface area contributed by atoms with Crippen molar-refractivity contribution in [2.75, 3.05) is 88.6 Å². The van der Waals surface area contributed by atoms with E-state index in [-0.39, 0.29) is 56.5 Å². The van der Waals surface area contributed by atoms with Gasteiger partial charge in [-0.15, -0.1) is 12.4 Å². The van der Waals surface area contributed by atoms with Crippen LogP contribution in [0.4, 0.5) is 11.4 Å². The quantitative estimate of drug-likeness (QED) is 0.0509. The summed E-state index contributed by atoms with van der Waals surface area (Å²) in [5.41, 5.74) is 1.97.